The number of alkyl halides is 3. The summed E-state index contributed by atoms with van der Waals surface area (Å²) in [5.41, 5.74) is -0.782. The molecule has 1 aromatic rings. The summed E-state index contributed by atoms with van der Waals surface area (Å²) in [6.07, 6.45) is -3.51. The average Bonchev–Trinajstić information content (AvgIpc) is 2.39. The lowest BCUT2D eigenvalue weighted by atomic mass is 10.2. The van der Waals surface area contributed by atoms with Gasteiger partial charge in [-0.05, 0) is 12.1 Å². The van der Waals surface area contributed by atoms with Crippen molar-refractivity contribution in [2.75, 3.05) is 25.1 Å². The van der Waals surface area contributed by atoms with E-state index in [9.17, 15) is 18.0 Å². The lowest BCUT2D eigenvalue weighted by molar-refractivity contribution is -0.141. The summed E-state index contributed by atoms with van der Waals surface area (Å²) in [6.45, 7) is 1.33. The summed E-state index contributed by atoms with van der Waals surface area (Å²) in [5.74, 6) is -0.360. The van der Waals surface area contributed by atoms with Gasteiger partial charge in [-0.15, -0.1) is 0 Å². The molecule has 104 valence electrons. The van der Waals surface area contributed by atoms with E-state index < -0.39 is 17.9 Å². The smallest absolute Gasteiger partial charge is 0.378 e. The van der Waals surface area contributed by atoms with E-state index in [1.54, 1.807) is 0 Å². The zero-order chi connectivity index (χ0) is 13.9. The highest BCUT2D eigenvalue weighted by atomic mass is 19.4. The summed E-state index contributed by atoms with van der Waals surface area (Å²) in [5, 5.41) is 5.42. The van der Waals surface area contributed by atoms with E-state index in [-0.39, 0.29) is 18.2 Å². The maximum Gasteiger partial charge on any atom is 0.433 e. The van der Waals surface area contributed by atoms with Crippen LogP contribution in [0.3, 0.4) is 0 Å². The molecule has 2 N–H and O–H groups in total. The third kappa shape index (κ3) is 3.65. The quantitative estimate of drug-likeness (QED) is 0.846. The summed E-state index contributed by atoms with van der Waals surface area (Å²) < 4.78 is 42.0. The van der Waals surface area contributed by atoms with Crippen molar-refractivity contribution in [1.29, 1.82) is 0 Å². The molecule has 8 heteroatoms. The van der Waals surface area contributed by atoms with Gasteiger partial charge in [-0.2, -0.15) is 13.2 Å². The Balaban J connectivity index is 1.97. The molecular weight excluding hydrogens is 263 g/mol. The summed E-state index contributed by atoms with van der Waals surface area (Å²) in [6, 6.07) is 1.48. The van der Waals surface area contributed by atoms with Crippen LogP contribution in [0.2, 0.25) is 0 Å². The van der Waals surface area contributed by atoms with Crippen LogP contribution in [0.5, 0.6) is 0 Å². The number of ether oxygens (including phenoxy) is 1. The second-order valence-electron chi connectivity index (χ2n) is 4.00. The number of pyridine rings is 1. The van der Waals surface area contributed by atoms with Crippen molar-refractivity contribution in [1.82, 2.24) is 10.3 Å². The van der Waals surface area contributed by atoms with Gasteiger partial charge in [0.1, 0.15) is 11.7 Å². The van der Waals surface area contributed by atoms with Crippen LogP contribution in [-0.4, -0.2) is 36.7 Å². The maximum atomic E-state index is 12.3. The van der Waals surface area contributed by atoms with Crippen LogP contribution in [0.25, 0.3) is 0 Å². The second-order valence-corrected chi connectivity index (χ2v) is 4.00. The highest BCUT2D eigenvalue weighted by Crippen LogP contribution is 2.27. The van der Waals surface area contributed by atoms with E-state index in [4.69, 9.17) is 4.74 Å². The first-order valence-electron chi connectivity index (χ1n) is 5.62. The number of anilines is 1. The standard InChI is InChI=1S/C11H12F3N3O2/c12-11(13,14)9-2-1-7(5-16-9)17-10(18)8-6-19-4-3-15-8/h1-2,5,8,15H,3-4,6H2,(H,17,18). The molecule has 1 aliphatic heterocycles. The number of hydrogen-bond donors (Lipinski definition) is 2. The van der Waals surface area contributed by atoms with Crippen molar-refractivity contribution in [3.8, 4) is 0 Å². The zero-order valence-electron chi connectivity index (χ0n) is 9.83. The Bertz CT molecular complexity index is 441. The van der Waals surface area contributed by atoms with E-state index in [1.165, 1.54) is 0 Å². The number of aromatic nitrogens is 1. The monoisotopic (exact) mass is 275 g/mol. The van der Waals surface area contributed by atoms with Crippen LogP contribution in [-0.2, 0) is 15.7 Å². The molecule has 1 atom stereocenters. The molecule has 5 nitrogen and oxygen atoms in total. The van der Waals surface area contributed by atoms with Gasteiger partial charge in [-0.3, -0.25) is 4.79 Å². The van der Waals surface area contributed by atoms with Gasteiger partial charge < -0.3 is 15.4 Å². The van der Waals surface area contributed by atoms with Crippen LogP contribution < -0.4 is 10.6 Å². The van der Waals surface area contributed by atoms with Gasteiger partial charge in [0.15, 0.2) is 0 Å². The molecule has 1 saturated heterocycles. The minimum atomic E-state index is -4.48. The van der Waals surface area contributed by atoms with Crippen LogP contribution in [0.15, 0.2) is 18.3 Å². The number of morpholine rings is 1. The van der Waals surface area contributed by atoms with Crippen molar-refractivity contribution in [3.05, 3.63) is 24.0 Å². The molecule has 1 aromatic heterocycles. The minimum absolute atomic E-state index is 0.213. The number of nitrogens with zero attached hydrogens (tertiary/aromatic N) is 1. The number of rotatable bonds is 2. The highest BCUT2D eigenvalue weighted by Gasteiger charge is 2.32. The van der Waals surface area contributed by atoms with Crippen molar-refractivity contribution in [3.63, 3.8) is 0 Å². The second kappa shape index (κ2) is 5.54. The van der Waals surface area contributed by atoms with E-state index in [2.05, 4.69) is 15.6 Å². The van der Waals surface area contributed by atoms with Gasteiger partial charge in [0.25, 0.3) is 0 Å². The number of carbonyl (C=O) groups is 1. The Morgan fingerprint density at radius 2 is 2.26 bits per heavy atom. The molecule has 1 unspecified atom stereocenters. The first-order valence-corrected chi connectivity index (χ1v) is 5.62. The van der Waals surface area contributed by atoms with E-state index in [0.717, 1.165) is 18.3 Å². The fraction of sp³-hybridized carbons (Fsp3) is 0.455. The van der Waals surface area contributed by atoms with Gasteiger partial charge >= 0.3 is 6.18 Å². The van der Waals surface area contributed by atoms with Crippen LogP contribution >= 0.6 is 0 Å². The predicted molar refractivity (Wildman–Crippen MR) is 60.5 cm³/mol. The molecule has 1 aliphatic rings. The van der Waals surface area contributed by atoms with Crippen molar-refractivity contribution < 1.29 is 22.7 Å². The third-order valence-corrected chi connectivity index (χ3v) is 2.56. The maximum absolute atomic E-state index is 12.3. The molecule has 1 amide bonds. The van der Waals surface area contributed by atoms with Crippen molar-refractivity contribution in [2.45, 2.75) is 12.2 Å². The molecule has 2 heterocycles. The molecular formula is C11H12F3N3O2. The van der Waals surface area contributed by atoms with Crippen LogP contribution in [0, 0.1) is 0 Å². The molecule has 0 bridgehead atoms. The third-order valence-electron chi connectivity index (χ3n) is 2.56. The fourth-order valence-electron chi connectivity index (χ4n) is 1.60. The predicted octanol–water partition coefficient (Wildman–Crippen LogP) is 1.03. The molecule has 19 heavy (non-hydrogen) atoms. The average molecular weight is 275 g/mol. The highest BCUT2D eigenvalue weighted by molar-refractivity contribution is 5.94. The van der Waals surface area contributed by atoms with Gasteiger partial charge in [-0.25, -0.2) is 4.98 Å². The lowest BCUT2D eigenvalue weighted by Crippen LogP contribution is -2.48. The molecule has 0 saturated carbocycles. The van der Waals surface area contributed by atoms with Crippen molar-refractivity contribution >= 4 is 11.6 Å². The molecule has 0 radical (unpaired) electrons. The van der Waals surface area contributed by atoms with E-state index in [0.29, 0.717) is 13.2 Å². The molecule has 1 fully saturated rings. The zero-order valence-corrected chi connectivity index (χ0v) is 9.83. The summed E-state index contributed by atoms with van der Waals surface area (Å²) in [7, 11) is 0. The Morgan fingerprint density at radius 3 is 2.79 bits per heavy atom. The normalized spacial score (nSPS) is 20.1. The Kier molecular flexibility index (Phi) is 4.01. The number of nitrogens with one attached hydrogen (secondary N) is 2. The Labute approximate surface area is 107 Å². The first-order chi connectivity index (χ1) is 8.97. The first kappa shape index (κ1) is 13.8. The van der Waals surface area contributed by atoms with Gasteiger partial charge in [0.2, 0.25) is 5.91 Å². The Morgan fingerprint density at radius 1 is 1.47 bits per heavy atom. The number of halogens is 3. The molecule has 0 spiro atoms. The van der Waals surface area contributed by atoms with E-state index in [1.807, 2.05) is 0 Å². The van der Waals surface area contributed by atoms with Gasteiger partial charge in [0.05, 0.1) is 25.1 Å². The SMILES string of the molecule is O=C(Nc1ccc(C(F)(F)F)nc1)C1COCCN1. The lowest BCUT2D eigenvalue weighted by Gasteiger charge is -2.22. The van der Waals surface area contributed by atoms with Crippen LogP contribution in [0.4, 0.5) is 18.9 Å². The van der Waals surface area contributed by atoms with Crippen LogP contribution in [0.1, 0.15) is 5.69 Å². The van der Waals surface area contributed by atoms with Gasteiger partial charge in [0, 0.05) is 6.54 Å². The minimum Gasteiger partial charge on any atom is -0.378 e. The number of carbonyl (C=O) groups excluding carboxylic acids is 1. The topological polar surface area (TPSA) is 63.2 Å². The molecule has 0 aromatic carbocycles. The summed E-state index contributed by atoms with van der Waals surface area (Å²) >= 11 is 0. The summed E-state index contributed by atoms with van der Waals surface area (Å²) in [4.78, 5) is 15.0. The largest absolute Gasteiger partial charge is 0.433 e. The molecule has 2 rings (SSSR count). The molecule has 0 aliphatic carbocycles. The van der Waals surface area contributed by atoms with E-state index >= 15 is 0 Å². The van der Waals surface area contributed by atoms with Gasteiger partial charge in [-0.1, -0.05) is 0 Å². The van der Waals surface area contributed by atoms with Crippen molar-refractivity contribution in [2.24, 2.45) is 0 Å². The number of hydrogen-bond acceptors (Lipinski definition) is 4. The number of amides is 1. The Hall–Kier alpha value is -1.67. The fourth-order valence-corrected chi connectivity index (χ4v) is 1.60.